The largest absolute Gasteiger partial charge is 0.351 e. The van der Waals surface area contributed by atoms with Crippen LogP contribution in [0.2, 0.25) is 0 Å². The van der Waals surface area contributed by atoms with Crippen LogP contribution in [0.15, 0.2) is 84.0 Å². The van der Waals surface area contributed by atoms with E-state index in [0.717, 1.165) is 16.7 Å². The van der Waals surface area contributed by atoms with E-state index in [0.29, 0.717) is 42.7 Å². The van der Waals surface area contributed by atoms with Crippen LogP contribution in [0.3, 0.4) is 0 Å². The molecule has 2 aromatic carbocycles. The fraction of sp³-hybridized carbons (Fsp3) is 0.174. The number of nitrogens with one attached hydrogen (secondary N) is 1. The van der Waals surface area contributed by atoms with E-state index < -0.39 is 10.0 Å². The van der Waals surface area contributed by atoms with Crippen LogP contribution < -0.4 is 10.2 Å². The Bertz CT molecular complexity index is 1320. The molecule has 0 aliphatic carbocycles. The van der Waals surface area contributed by atoms with Crippen LogP contribution in [-0.4, -0.2) is 53.9 Å². The maximum absolute atomic E-state index is 13.0. The zero-order chi connectivity index (χ0) is 22.0. The van der Waals surface area contributed by atoms with Gasteiger partial charge in [0, 0.05) is 32.4 Å². The smallest absolute Gasteiger partial charge is 0.243 e. The number of rotatable bonds is 5. The number of hydrogen-bond acceptors (Lipinski definition) is 7. The second kappa shape index (κ2) is 8.52. The van der Waals surface area contributed by atoms with Gasteiger partial charge in [-0.05, 0) is 36.4 Å². The van der Waals surface area contributed by atoms with Gasteiger partial charge in [-0.15, -0.1) is 0 Å². The number of fused-ring (bicyclic) bond motifs is 1. The Morgan fingerprint density at radius 2 is 1.47 bits per heavy atom. The molecule has 162 valence electrons. The average molecular weight is 447 g/mol. The molecular weight excluding hydrogens is 424 g/mol. The van der Waals surface area contributed by atoms with Gasteiger partial charge in [0.15, 0.2) is 11.6 Å². The van der Waals surface area contributed by atoms with Gasteiger partial charge in [-0.1, -0.05) is 30.3 Å². The molecule has 3 heterocycles. The molecule has 32 heavy (non-hydrogen) atoms. The summed E-state index contributed by atoms with van der Waals surface area (Å²) in [5, 5.41) is 3.32. The molecule has 1 saturated heterocycles. The molecule has 4 aromatic rings. The van der Waals surface area contributed by atoms with Crippen LogP contribution in [0, 0.1) is 0 Å². The van der Waals surface area contributed by atoms with Crippen LogP contribution >= 0.6 is 0 Å². The molecule has 1 aliphatic heterocycles. The first-order chi connectivity index (χ1) is 15.6. The van der Waals surface area contributed by atoms with E-state index in [4.69, 9.17) is 9.97 Å². The third-order valence-electron chi connectivity index (χ3n) is 5.40. The van der Waals surface area contributed by atoms with Crippen LogP contribution in [0.25, 0.3) is 11.0 Å². The second-order valence-corrected chi connectivity index (χ2v) is 9.39. The monoisotopic (exact) mass is 446 g/mol. The first kappa shape index (κ1) is 20.3. The highest BCUT2D eigenvalue weighted by Crippen LogP contribution is 2.29. The summed E-state index contributed by atoms with van der Waals surface area (Å²) in [6.45, 7) is 1.78. The summed E-state index contributed by atoms with van der Waals surface area (Å²) in [4.78, 5) is 16.2. The molecule has 1 fully saturated rings. The van der Waals surface area contributed by atoms with Gasteiger partial charge in [0.2, 0.25) is 10.0 Å². The number of para-hydroxylation sites is 2. The fourth-order valence-electron chi connectivity index (χ4n) is 3.75. The molecule has 1 N–H and O–H groups in total. The lowest BCUT2D eigenvalue weighted by Gasteiger charge is -2.35. The summed E-state index contributed by atoms with van der Waals surface area (Å²) < 4.78 is 27.5. The van der Waals surface area contributed by atoms with Gasteiger partial charge in [-0.25, -0.2) is 18.4 Å². The van der Waals surface area contributed by atoms with Crippen LogP contribution in [0.5, 0.6) is 0 Å². The van der Waals surface area contributed by atoms with E-state index in [-0.39, 0.29) is 0 Å². The third-order valence-corrected chi connectivity index (χ3v) is 7.31. The molecule has 9 heteroatoms. The number of aromatic nitrogens is 3. The number of pyridine rings is 1. The molecule has 2 aromatic heterocycles. The lowest BCUT2D eigenvalue weighted by molar-refractivity contribution is 0.384. The predicted octanol–water partition coefficient (Wildman–Crippen LogP) is 3.28. The van der Waals surface area contributed by atoms with Crippen LogP contribution in [-0.2, 0) is 10.0 Å². The Morgan fingerprint density at radius 1 is 0.781 bits per heavy atom. The molecule has 0 saturated carbocycles. The number of benzene rings is 2. The molecule has 0 atom stereocenters. The van der Waals surface area contributed by atoms with Gasteiger partial charge in [0.25, 0.3) is 0 Å². The van der Waals surface area contributed by atoms with Crippen LogP contribution in [0.1, 0.15) is 0 Å². The Kier molecular flexibility index (Phi) is 5.42. The van der Waals surface area contributed by atoms with Crippen molar-refractivity contribution in [2.45, 2.75) is 4.90 Å². The average Bonchev–Trinajstić information content (AvgIpc) is 2.85. The van der Waals surface area contributed by atoms with Gasteiger partial charge in [0.1, 0.15) is 0 Å². The van der Waals surface area contributed by atoms with Crippen molar-refractivity contribution in [2.24, 2.45) is 0 Å². The Labute approximate surface area is 186 Å². The minimum absolute atomic E-state index is 0.317. The van der Waals surface area contributed by atoms with Crippen molar-refractivity contribution in [3.63, 3.8) is 0 Å². The summed E-state index contributed by atoms with van der Waals surface area (Å²) in [6, 6.07) is 20.0. The molecule has 1 aliphatic rings. The van der Waals surface area contributed by atoms with Gasteiger partial charge < -0.3 is 10.2 Å². The second-order valence-electron chi connectivity index (χ2n) is 7.46. The molecule has 8 nitrogen and oxygen atoms in total. The first-order valence-electron chi connectivity index (χ1n) is 10.4. The summed E-state index contributed by atoms with van der Waals surface area (Å²) >= 11 is 0. The SMILES string of the molecule is O=S(=O)(c1ccccc1)N1CCN(c2nc3ccccc3nc2Nc2cccnc2)CC1. The highest BCUT2D eigenvalue weighted by atomic mass is 32.2. The van der Waals surface area contributed by atoms with E-state index >= 15 is 0 Å². The van der Waals surface area contributed by atoms with Crippen molar-refractivity contribution in [2.75, 3.05) is 36.4 Å². The van der Waals surface area contributed by atoms with E-state index in [1.165, 1.54) is 4.31 Å². The fourth-order valence-corrected chi connectivity index (χ4v) is 5.19. The Morgan fingerprint density at radius 3 is 2.16 bits per heavy atom. The zero-order valence-electron chi connectivity index (χ0n) is 17.3. The molecule has 0 radical (unpaired) electrons. The maximum Gasteiger partial charge on any atom is 0.243 e. The number of sulfonamides is 1. The van der Waals surface area contributed by atoms with Crippen molar-refractivity contribution in [1.82, 2.24) is 19.3 Å². The maximum atomic E-state index is 13.0. The van der Waals surface area contributed by atoms with Gasteiger partial charge in [0.05, 0.1) is 27.8 Å². The predicted molar refractivity (Wildman–Crippen MR) is 124 cm³/mol. The van der Waals surface area contributed by atoms with Crippen molar-refractivity contribution < 1.29 is 8.42 Å². The summed E-state index contributed by atoms with van der Waals surface area (Å²) in [5.41, 5.74) is 2.38. The minimum atomic E-state index is -3.51. The molecule has 5 rings (SSSR count). The molecule has 0 amide bonds. The molecule has 0 bridgehead atoms. The molecular formula is C23H22N6O2S. The van der Waals surface area contributed by atoms with Gasteiger partial charge >= 0.3 is 0 Å². The van der Waals surface area contributed by atoms with E-state index in [1.54, 1.807) is 36.7 Å². The van der Waals surface area contributed by atoms with Crippen molar-refractivity contribution in [3.05, 3.63) is 79.1 Å². The van der Waals surface area contributed by atoms with Crippen molar-refractivity contribution in [1.29, 1.82) is 0 Å². The van der Waals surface area contributed by atoms with E-state index in [2.05, 4.69) is 15.2 Å². The number of hydrogen-bond donors (Lipinski definition) is 1. The summed E-state index contributed by atoms with van der Waals surface area (Å²) in [7, 11) is -3.51. The Hall–Kier alpha value is -3.56. The number of anilines is 3. The highest BCUT2D eigenvalue weighted by molar-refractivity contribution is 7.89. The minimum Gasteiger partial charge on any atom is -0.351 e. The standard InChI is InChI=1S/C23H22N6O2S/c30-32(31,19-8-2-1-3-9-19)29-15-13-28(14-16-29)23-22(25-18-7-6-12-24-17-18)26-20-10-4-5-11-21(20)27-23/h1-12,17H,13-16H2,(H,25,26). The molecule has 0 spiro atoms. The van der Waals surface area contributed by atoms with Crippen molar-refractivity contribution in [3.8, 4) is 0 Å². The van der Waals surface area contributed by atoms with Crippen molar-refractivity contribution >= 4 is 38.4 Å². The first-order valence-corrected chi connectivity index (χ1v) is 11.8. The number of nitrogens with zero attached hydrogens (tertiary/aromatic N) is 5. The molecule has 0 unspecified atom stereocenters. The van der Waals surface area contributed by atoms with E-state index in [9.17, 15) is 8.42 Å². The lowest BCUT2D eigenvalue weighted by Crippen LogP contribution is -2.49. The summed E-state index contributed by atoms with van der Waals surface area (Å²) in [5.74, 6) is 1.32. The zero-order valence-corrected chi connectivity index (χ0v) is 18.1. The topological polar surface area (TPSA) is 91.3 Å². The quantitative estimate of drug-likeness (QED) is 0.503. The van der Waals surface area contributed by atoms with Gasteiger partial charge in [-0.2, -0.15) is 4.31 Å². The lowest BCUT2D eigenvalue weighted by atomic mass is 10.3. The normalized spacial score (nSPS) is 15.1. The van der Waals surface area contributed by atoms with E-state index in [1.807, 2.05) is 42.5 Å². The van der Waals surface area contributed by atoms with Crippen LogP contribution in [0.4, 0.5) is 17.3 Å². The highest BCUT2D eigenvalue weighted by Gasteiger charge is 2.30. The Balaban J connectivity index is 1.43. The van der Waals surface area contributed by atoms with Gasteiger partial charge in [-0.3, -0.25) is 4.98 Å². The number of piperazine rings is 1. The summed E-state index contributed by atoms with van der Waals surface area (Å²) in [6.07, 6.45) is 3.44. The third kappa shape index (κ3) is 4.00.